The first-order valence-electron chi connectivity index (χ1n) is 7.87. The molecule has 1 atom stereocenters. The molecule has 21 heavy (non-hydrogen) atoms. The molecule has 2 N–H and O–H groups in total. The lowest BCUT2D eigenvalue weighted by atomic mass is 9.87. The van der Waals surface area contributed by atoms with E-state index in [4.69, 9.17) is 0 Å². The highest BCUT2D eigenvalue weighted by atomic mass is 16.2. The zero-order valence-corrected chi connectivity index (χ0v) is 13.0. The molecule has 0 saturated carbocycles. The molecule has 0 bridgehead atoms. The summed E-state index contributed by atoms with van der Waals surface area (Å²) in [5.74, 6) is 0.103. The number of amides is 1. The van der Waals surface area contributed by atoms with Crippen molar-refractivity contribution < 1.29 is 4.79 Å². The van der Waals surface area contributed by atoms with Gasteiger partial charge in [-0.3, -0.25) is 9.69 Å². The number of hydrogen-bond acceptors (Lipinski definition) is 3. The quantitative estimate of drug-likeness (QED) is 0.893. The van der Waals surface area contributed by atoms with Crippen LogP contribution in [-0.2, 0) is 4.79 Å². The van der Waals surface area contributed by atoms with Gasteiger partial charge in [0.2, 0.25) is 5.91 Å². The molecule has 2 fully saturated rings. The van der Waals surface area contributed by atoms with Crippen LogP contribution in [0, 0.1) is 19.3 Å². The zero-order chi connectivity index (χ0) is 14.9. The van der Waals surface area contributed by atoms with Crippen molar-refractivity contribution >= 4 is 11.6 Å². The molecule has 0 aromatic heterocycles. The fourth-order valence-corrected chi connectivity index (χ4v) is 3.57. The van der Waals surface area contributed by atoms with E-state index in [1.165, 1.54) is 18.4 Å². The third kappa shape index (κ3) is 3.27. The average molecular weight is 287 g/mol. The summed E-state index contributed by atoms with van der Waals surface area (Å²) >= 11 is 0. The van der Waals surface area contributed by atoms with Crippen LogP contribution in [-0.4, -0.2) is 43.5 Å². The molecular weight excluding hydrogens is 262 g/mol. The van der Waals surface area contributed by atoms with Crippen LogP contribution in [0.2, 0.25) is 0 Å². The fourth-order valence-electron chi connectivity index (χ4n) is 3.57. The van der Waals surface area contributed by atoms with Crippen molar-refractivity contribution in [2.45, 2.75) is 26.7 Å². The predicted molar refractivity (Wildman–Crippen MR) is 85.5 cm³/mol. The summed E-state index contributed by atoms with van der Waals surface area (Å²) in [6.45, 7) is 8.93. The second-order valence-electron chi connectivity index (χ2n) is 6.75. The average Bonchev–Trinajstić information content (AvgIpc) is 3.05. The summed E-state index contributed by atoms with van der Waals surface area (Å²) in [4.78, 5) is 14.6. The van der Waals surface area contributed by atoms with Gasteiger partial charge in [-0.15, -0.1) is 0 Å². The maximum Gasteiger partial charge on any atom is 0.238 e. The van der Waals surface area contributed by atoms with Gasteiger partial charge in [0, 0.05) is 18.8 Å². The molecule has 3 rings (SSSR count). The third-order valence-corrected chi connectivity index (χ3v) is 4.88. The van der Waals surface area contributed by atoms with Crippen molar-refractivity contribution in [2.75, 3.05) is 38.0 Å². The number of benzene rings is 1. The first-order valence-corrected chi connectivity index (χ1v) is 7.87. The fraction of sp³-hybridized carbons (Fsp3) is 0.588. The van der Waals surface area contributed by atoms with Crippen LogP contribution < -0.4 is 10.6 Å². The summed E-state index contributed by atoms with van der Waals surface area (Å²) in [7, 11) is 0. The van der Waals surface area contributed by atoms with Gasteiger partial charge in [0.05, 0.1) is 6.54 Å². The maximum absolute atomic E-state index is 12.3. The molecule has 0 radical (unpaired) electrons. The number of carbonyl (C=O) groups is 1. The third-order valence-electron chi connectivity index (χ3n) is 4.88. The minimum atomic E-state index is 0.103. The van der Waals surface area contributed by atoms with Gasteiger partial charge in [-0.2, -0.15) is 0 Å². The highest BCUT2D eigenvalue weighted by Gasteiger charge is 2.40. The van der Waals surface area contributed by atoms with Gasteiger partial charge >= 0.3 is 0 Å². The molecule has 1 aromatic carbocycles. The second kappa shape index (κ2) is 5.78. The Morgan fingerprint density at radius 1 is 1.38 bits per heavy atom. The Labute approximate surface area is 126 Å². The Bertz CT molecular complexity index is 535. The largest absolute Gasteiger partial charge is 0.325 e. The number of aryl methyl sites for hydroxylation is 2. The van der Waals surface area contributed by atoms with E-state index < -0.39 is 0 Å². The van der Waals surface area contributed by atoms with Crippen LogP contribution in [0.4, 0.5) is 5.69 Å². The van der Waals surface area contributed by atoms with E-state index in [1.807, 2.05) is 19.9 Å². The normalized spacial score (nSPS) is 25.6. The number of carbonyl (C=O) groups excluding carboxylic acids is 1. The summed E-state index contributed by atoms with van der Waals surface area (Å²) in [6.07, 6.45) is 2.47. The van der Waals surface area contributed by atoms with Crippen LogP contribution in [0.3, 0.4) is 0 Å². The molecule has 2 aliphatic rings. The van der Waals surface area contributed by atoms with Crippen molar-refractivity contribution in [2.24, 2.45) is 5.41 Å². The summed E-state index contributed by atoms with van der Waals surface area (Å²) in [5, 5.41) is 6.52. The Morgan fingerprint density at radius 2 is 2.24 bits per heavy atom. The number of nitrogens with zero attached hydrogens (tertiary/aromatic N) is 1. The van der Waals surface area contributed by atoms with E-state index in [2.05, 4.69) is 27.7 Å². The minimum absolute atomic E-state index is 0.103. The van der Waals surface area contributed by atoms with E-state index in [0.717, 1.165) is 37.4 Å². The number of nitrogens with one attached hydrogen (secondary N) is 2. The molecule has 0 aliphatic carbocycles. The van der Waals surface area contributed by atoms with Crippen molar-refractivity contribution in [1.82, 2.24) is 10.2 Å². The molecule has 1 unspecified atom stereocenters. The van der Waals surface area contributed by atoms with Gasteiger partial charge < -0.3 is 10.6 Å². The van der Waals surface area contributed by atoms with Crippen LogP contribution in [0.15, 0.2) is 18.2 Å². The van der Waals surface area contributed by atoms with E-state index in [9.17, 15) is 4.79 Å². The first kappa shape index (κ1) is 14.5. The number of anilines is 1. The minimum Gasteiger partial charge on any atom is -0.325 e. The molecule has 114 valence electrons. The number of rotatable bonds is 3. The van der Waals surface area contributed by atoms with E-state index in [-0.39, 0.29) is 5.91 Å². The molecular formula is C17H25N3O. The van der Waals surface area contributed by atoms with Crippen molar-refractivity contribution in [3.05, 3.63) is 29.3 Å². The molecule has 4 nitrogen and oxygen atoms in total. The Balaban J connectivity index is 1.56. The summed E-state index contributed by atoms with van der Waals surface area (Å²) < 4.78 is 0. The Kier molecular flexibility index (Phi) is 4.00. The molecule has 2 saturated heterocycles. The smallest absolute Gasteiger partial charge is 0.238 e. The molecule has 2 aliphatic heterocycles. The zero-order valence-electron chi connectivity index (χ0n) is 13.0. The topological polar surface area (TPSA) is 44.4 Å². The lowest BCUT2D eigenvalue weighted by Gasteiger charge is -2.22. The summed E-state index contributed by atoms with van der Waals surface area (Å²) in [5.41, 5.74) is 3.66. The van der Waals surface area contributed by atoms with Gasteiger partial charge in [0.25, 0.3) is 0 Å². The van der Waals surface area contributed by atoms with Crippen molar-refractivity contribution in [3.63, 3.8) is 0 Å². The van der Waals surface area contributed by atoms with Crippen molar-refractivity contribution in [3.8, 4) is 0 Å². The second-order valence-corrected chi connectivity index (χ2v) is 6.75. The molecule has 1 spiro atoms. The highest BCUT2D eigenvalue weighted by Crippen LogP contribution is 2.35. The van der Waals surface area contributed by atoms with Gasteiger partial charge in [0.1, 0.15) is 0 Å². The van der Waals surface area contributed by atoms with Crippen LogP contribution in [0.5, 0.6) is 0 Å². The van der Waals surface area contributed by atoms with Crippen molar-refractivity contribution in [1.29, 1.82) is 0 Å². The van der Waals surface area contributed by atoms with Crippen LogP contribution >= 0.6 is 0 Å². The molecule has 4 heteroatoms. The lowest BCUT2D eigenvalue weighted by molar-refractivity contribution is -0.117. The summed E-state index contributed by atoms with van der Waals surface area (Å²) in [6, 6.07) is 6.17. The number of likely N-dealkylation sites (tertiary alicyclic amines) is 1. The first-order chi connectivity index (χ1) is 10.1. The van der Waals surface area contributed by atoms with Crippen LogP contribution in [0.25, 0.3) is 0 Å². The Hall–Kier alpha value is -1.39. The van der Waals surface area contributed by atoms with E-state index in [0.29, 0.717) is 12.0 Å². The monoisotopic (exact) mass is 287 g/mol. The predicted octanol–water partition coefficient (Wildman–Crippen LogP) is 1.93. The van der Waals surface area contributed by atoms with Gasteiger partial charge in [0.15, 0.2) is 0 Å². The van der Waals surface area contributed by atoms with Gasteiger partial charge in [-0.25, -0.2) is 0 Å². The van der Waals surface area contributed by atoms with Gasteiger partial charge in [-0.1, -0.05) is 12.1 Å². The highest BCUT2D eigenvalue weighted by molar-refractivity contribution is 5.93. The number of hydrogen-bond donors (Lipinski definition) is 2. The van der Waals surface area contributed by atoms with Crippen LogP contribution in [0.1, 0.15) is 24.0 Å². The molecule has 2 heterocycles. The lowest BCUT2D eigenvalue weighted by Crippen LogP contribution is -2.34. The standard InChI is InChI=1S/C17H25N3O/c1-13-3-4-14(2)15(9-13)19-16(21)10-20-8-6-17(12-20)5-7-18-11-17/h3-4,9,18H,5-8,10-12H2,1-2H3,(H,19,21). The Morgan fingerprint density at radius 3 is 3.00 bits per heavy atom. The molecule has 1 amide bonds. The van der Waals surface area contributed by atoms with E-state index >= 15 is 0 Å². The maximum atomic E-state index is 12.3. The SMILES string of the molecule is Cc1ccc(C)c(NC(=O)CN2CCC3(CCNC3)C2)c1. The van der Waals surface area contributed by atoms with E-state index in [1.54, 1.807) is 0 Å². The van der Waals surface area contributed by atoms with Gasteiger partial charge in [-0.05, 0) is 62.4 Å². The molecule has 1 aromatic rings.